The van der Waals surface area contributed by atoms with Gasteiger partial charge in [0.2, 0.25) is 0 Å². The summed E-state index contributed by atoms with van der Waals surface area (Å²) in [5.74, 6) is -2.56. The molecule has 25 heavy (non-hydrogen) atoms. The van der Waals surface area contributed by atoms with Crippen LogP contribution in [0.2, 0.25) is 5.02 Å². The molecule has 3 rings (SSSR count). The quantitative estimate of drug-likeness (QED) is 0.688. The lowest BCUT2D eigenvalue weighted by molar-refractivity contribution is 0.102. The van der Waals surface area contributed by atoms with E-state index in [1.165, 1.54) is 18.3 Å². The maximum Gasteiger partial charge on any atom is 0.274 e. The zero-order valence-corrected chi connectivity index (χ0v) is 13.5. The molecule has 0 aliphatic carbocycles. The van der Waals surface area contributed by atoms with E-state index in [1.807, 2.05) is 6.07 Å². The SMILES string of the molecule is O=C(Nc1ccc(F)c(F)c1)c1cc(Nc2cccc(Cl)c2)ccn1. The molecule has 0 atom stereocenters. The second-order valence-electron chi connectivity index (χ2n) is 5.15. The van der Waals surface area contributed by atoms with Crippen molar-refractivity contribution in [3.8, 4) is 0 Å². The summed E-state index contributed by atoms with van der Waals surface area (Å²) < 4.78 is 26.1. The number of carbonyl (C=O) groups is 1. The Morgan fingerprint density at radius 3 is 2.48 bits per heavy atom. The average Bonchev–Trinajstić information content (AvgIpc) is 2.58. The third-order valence-corrected chi connectivity index (χ3v) is 3.52. The van der Waals surface area contributed by atoms with Crippen molar-refractivity contribution in [2.24, 2.45) is 0 Å². The Morgan fingerprint density at radius 1 is 0.920 bits per heavy atom. The molecule has 126 valence electrons. The van der Waals surface area contributed by atoms with Crippen molar-refractivity contribution >= 4 is 34.6 Å². The van der Waals surface area contributed by atoms with Gasteiger partial charge in [0.05, 0.1) is 0 Å². The van der Waals surface area contributed by atoms with E-state index in [9.17, 15) is 13.6 Å². The monoisotopic (exact) mass is 359 g/mol. The maximum absolute atomic E-state index is 13.2. The van der Waals surface area contributed by atoms with Crippen LogP contribution >= 0.6 is 11.6 Å². The van der Waals surface area contributed by atoms with Gasteiger partial charge >= 0.3 is 0 Å². The number of nitrogens with zero attached hydrogens (tertiary/aromatic N) is 1. The van der Waals surface area contributed by atoms with Crippen LogP contribution in [0.4, 0.5) is 25.8 Å². The largest absolute Gasteiger partial charge is 0.355 e. The fraction of sp³-hybridized carbons (Fsp3) is 0. The number of hydrogen-bond donors (Lipinski definition) is 2. The molecule has 0 unspecified atom stereocenters. The van der Waals surface area contributed by atoms with E-state index in [2.05, 4.69) is 15.6 Å². The van der Waals surface area contributed by atoms with Gasteiger partial charge < -0.3 is 10.6 Å². The Balaban J connectivity index is 1.76. The molecule has 0 saturated carbocycles. The second kappa shape index (κ2) is 7.27. The van der Waals surface area contributed by atoms with Gasteiger partial charge in [0.25, 0.3) is 5.91 Å². The number of carbonyl (C=O) groups excluding carboxylic acids is 1. The summed E-state index contributed by atoms with van der Waals surface area (Å²) >= 11 is 5.93. The van der Waals surface area contributed by atoms with Crippen LogP contribution in [0.25, 0.3) is 0 Å². The number of rotatable bonds is 4. The minimum atomic E-state index is -1.04. The van der Waals surface area contributed by atoms with Crippen LogP contribution < -0.4 is 10.6 Å². The predicted molar refractivity (Wildman–Crippen MR) is 93.3 cm³/mol. The van der Waals surface area contributed by atoms with Gasteiger partial charge in [-0.1, -0.05) is 17.7 Å². The molecule has 0 aliphatic rings. The van der Waals surface area contributed by atoms with E-state index in [-0.39, 0.29) is 11.4 Å². The molecule has 0 aliphatic heterocycles. The maximum atomic E-state index is 13.2. The van der Waals surface area contributed by atoms with Crippen molar-refractivity contribution in [3.63, 3.8) is 0 Å². The standard InChI is InChI=1S/C18H12ClF2N3O/c19-11-2-1-3-12(8-11)23-14-6-7-22-17(10-14)18(25)24-13-4-5-15(20)16(21)9-13/h1-10H,(H,22,23)(H,24,25). The summed E-state index contributed by atoms with van der Waals surface area (Å²) in [6.07, 6.45) is 1.47. The number of nitrogens with one attached hydrogen (secondary N) is 2. The molecule has 0 radical (unpaired) electrons. The highest BCUT2D eigenvalue weighted by Crippen LogP contribution is 2.21. The Hall–Kier alpha value is -2.99. The summed E-state index contributed by atoms with van der Waals surface area (Å²) in [6.45, 7) is 0. The Labute approximate surface area is 147 Å². The number of benzene rings is 2. The van der Waals surface area contributed by atoms with E-state index in [0.717, 1.165) is 17.8 Å². The first-order valence-electron chi connectivity index (χ1n) is 7.26. The van der Waals surface area contributed by atoms with Crippen molar-refractivity contribution in [2.45, 2.75) is 0 Å². The van der Waals surface area contributed by atoms with Gasteiger partial charge in [0.15, 0.2) is 11.6 Å². The first-order chi connectivity index (χ1) is 12.0. The number of pyridine rings is 1. The van der Waals surface area contributed by atoms with Crippen LogP contribution in [-0.2, 0) is 0 Å². The fourth-order valence-corrected chi connectivity index (χ4v) is 2.32. The van der Waals surface area contributed by atoms with Crippen LogP contribution in [0.1, 0.15) is 10.5 Å². The van der Waals surface area contributed by atoms with Gasteiger partial charge in [-0.3, -0.25) is 9.78 Å². The molecule has 2 aromatic carbocycles. The lowest BCUT2D eigenvalue weighted by Crippen LogP contribution is -2.14. The van der Waals surface area contributed by atoms with E-state index >= 15 is 0 Å². The molecule has 4 nitrogen and oxygen atoms in total. The number of anilines is 3. The first-order valence-corrected chi connectivity index (χ1v) is 7.64. The lowest BCUT2D eigenvalue weighted by atomic mass is 10.2. The second-order valence-corrected chi connectivity index (χ2v) is 5.58. The molecule has 1 aromatic heterocycles. The van der Waals surface area contributed by atoms with Crippen molar-refractivity contribution in [2.75, 3.05) is 10.6 Å². The van der Waals surface area contributed by atoms with E-state index < -0.39 is 17.5 Å². The van der Waals surface area contributed by atoms with Gasteiger partial charge in [0, 0.05) is 34.3 Å². The smallest absolute Gasteiger partial charge is 0.274 e. The summed E-state index contributed by atoms with van der Waals surface area (Å²) in [5.41, 5.74) is 1.65. The third-order valence-electron chi connectivity index (χ3n) is 3.28. The molecule has 1 amide bonds. The van der Waals surface area contributed by atoms with Crippen molar-refractivity contribution in [3.05, 3.63) is 83.1 Å². The molecule has 0 fully saturated rings. The molecule has 3 aromatic rings. The number of halogens is 3. The molecular weight excluding hydrogens is 348 g/mol. The highest BCUT2D eigenvalue weighted by atomic mass is 35.5. The fourth-order valence-electron chi connectivity index (χ4n) is 2.13. The van der Waals surface area contributed by atoms with Crippen LogP contribution in [0.5, 0.6) is 0 Å². The Morgan fingerprint density at radius 2 is 1.72 bits per heavy atom. The van der Waals surface area contributed by atoms with Crippen molar-refractivity contribution < 1.29 is 13.6 Å². The average molecular weight is 360 g/mol. The van der Waals surface area contributed by atoms with Crippen LogP contribution in [0.15, 0.2) is 60.8 Å². The Kier molecular flexibility index (Phi) is 4.90. The summed E-state index contributed by atoms with van der Waals surface area (Å²) in [6, 6.07) is 13.4. The van der Waals surface area contributed by atoms with Crippen molar-refractivity contribution in [1.29, 1.82) is 0 Å². The highest BCUT2D eigenvalue weighted by Gasteiger charge is 2.10. The molecule has 2 N–H and O–H groups in total. The van der Waals surface area contributed by atoms with Crippen molar-refractivity contribution in [1.82, 2.24) is 4.98 Å². The van der Waals surface area contributed by atoms with E-state index in [4.69, 9.17) is 11.6 Å². The lowest BCUT2D eigenvalue weighted by Gasteiger charge is -2.09. The van der Waals surface area contributed by atoms with Gasteiger partial charge in [-0.05, 0) is 42.5 Å². The summed E-state index contributed by atoms with van der Waals surface area (Å²) in [7, 11) is 0. The molecule has 0 bridgehead atoms. The number of aromatic nitrogens is 1. The first kappa shape index (κ1) is 16.9. The normalized spacial score (nSPS) is 10.4. The van der Waals surface area contributed by atoms with Gasteiger partial charge in [0.1, 0.15) is 5.69 Å². The van der Waals surface area contributed by atoms with Crippen LogP contribution in [0.3, 0.4) is 0 Å². The van der Waals surface area contributed by atoms with E-state index in [0.29, 0.717) is 10.7 Å². The number of amides is 1. The highest BCUT2D eigenvalue weighted by molar-refractivity contribution is 6.30. The minimum Gasteiger partial charge on any atom is -0.355 e. The molecule has 0 saturated heterocycles. The van der Waals surface area contributed by atoms with Gasteiger partial charge in [-0.15, -0.1) is 0 Å². The zero-order chi connectivity index (χ0) is 17.8. The minimum absolute atomic E-state index is 0.122. The third kappa shape index (κ3) is 4.30. The molecule has 0 spiro atoms. The number of hydrogen-bond acceptors (Lipinski definition) is 3. The molecule has 7 heteroatoms. The Bertz CT molecular complexity index is 934. The van der Waals surface area contributed by atoms with Crippen LogP contribution in [0, 0.1) is 11.6 Å². The molecular formula is C18H12ClF2N3O. The van der Waals surface area contributed by atoms with E-state index in [1.54, 1.807) is 24.3 Å². The van der Waals surface area contributed by atoms with Crippen LogP contribution in [-0.4, -0.2) is 10.9 Å². The molecule has 1 heterocycles. The topological polar surface area (TPSA) is 54.0 Å². The summed E-state index contributed by atoms with van der Waals surface area (Å²) in [5, 5.41) is 6.15. The predicted octanol–water partition coefficient (Wildman–Crippen LogP) is 5.01. The van der Waals surface area contributed by atoms with Gasteiger partial charge in [-0.2, -0.15) is 0 Å². The van der Waals surface area contributed by atoms with Gasteiger partial charge in [-0.25, -0.2) is 8.78 Å². The zero-order valence-electron chi connectivity index (χ0n) is 12.8. The summed E-state index contributed by atoms with van der Waals surface area (Å²) in [4.78, 5) is 16.2.